The van der Waals surface area contributed by atoms with Crippen molar-refractivity contribution < 1.29 is 22.0 Å². The predicted molar refractivity (Wildman–Crippen MR) is 123 cm³/mol. The summed E-state index contributed by atoms with van der Waals surface area (Å²) in [6.07, 6.45) is 5.22. The minimum Gasteiger partial charge on any atom is -0.310 e. The molecule has 1 amide bonds. The summed E-state index contributed by atoms with van der Waals surface area (Å²) >= 11 is 0.988. The maximum atomic E-state index is 14.4. The Kier molecular flexibility index (Phi) is 6.87. The highest BCUT2D eigenvalue weighted by molar-refractivity contribution is 7.89. The summed E-state index contributed by atoms with van der Waals surface area (Å²) < 4.78 is 57.1. The van der Waals surface area contributed by atoms with E-state index < -0.39 is 27.6 Å². The lowest BCUT2D eigenvalue weighted by atomic mass is 10.2. The summed E-state index contributed by atoms with van der Waals surface area (Å²) in [5.41, 5.74) is 0.339. The molecular formula is C23H23F2N3O3S2. The first-order valence-corrected chi connectivity index (χ1v) is 12.9. The molecule has 0 spiro atoms. The highest BCUT2D eigenvalue weighted by atomic mass is 32.2. The molecule has 1 aliphatic heterocycles. The van der Waals surface area contributed by atoms with Gasteiger partial charge in [-0.25, -0.2) is 17.2 Å². The number of fused-ring (bicyclic) bond motifs is 1. The normalized spacial score (nSPS) is 16.1. The first kappa shape index (κ1) is 23.5. The van der Waals surface area contributed by atoms with Gasteiger partial charge < -0.3 is 4.57 Å². The average Bonchev–Trinajstić information content (AvgIpc) is 2.95. The van der Waals surface area contributed by atoms with Crippen molar-refractivity contribution >= 4 is 37.5 Å². The highest BCUT2D eigenvalue weighted by Crippen LogP contribution is 2.23. The minimum absolute atomic E-state index is 0.127. The minimum atomic E-state index is -3.63. The number of nitrogens with zero attached hydrogens (tertiary/aromatic N) is 3. The van der Waals surface area contributed by atoms with E-state index in [1.807, 2.05) is 0 Å². The van der Waals surface area contributed by atoms with Crippen molar-refractivity contribution in [3.8, 4) is 0 Å². The molecule has 6 nitrogen and oxygen atoms in total. The molecule has 0 unspecified atom stereocenters. The summed E-state index contributed by atoms with van der Waals surface area (Å²) in [6, 6.07) is 7.61. The van der Waals surface area contributed by atoms with Gasteiger partial charge in [0.1, 0.15) is 5.82 Å². The monoisotopic (exact) mass is 491 g/mol. The number of hydrogen-bond donors (Lipinski definition) is 0. The number of halogens is 2. The molecular weight excluding hydrogens is 468 g/mol. The molecule has 1 fully saturated rings. The summed E-state index contributed by atoms with van der Waals surface area (Å²) in [4.78, 5) is 17.2. The second kappa shape index (κ2) is 9.66. The zero-order chi connectivity index (χ0) is 23.6. The Balaban J connectivity index is 1.67. The van der Waals surface area contributed by atoms with E-state index in [1.165, 1.54) is 45.3 Å². The number of sulfonamides is 1. The van der Waals surface area contributed by atoms with Gasteiger partial charge in [0, 0.05) is 31.3 Å². The number of carbonyl (C=O) groups excluding carboxylic acids is 1. The zero-order valence-corrected chi connectivity index (χ0v) is 19.5. The fourth-order valence-electron chi connectivity index (χ4n) is 3.86. The Labute approximate surface area is 194 Å². The Hall–Kier alpha value is -2.69. The van der Waals surface area contributed by atoms with Crippen LogP contribution < -0.4 is 4.80 Å². The molecule has 0 bridgehead atoms. The Morgan fingerprint density at radius 3 is 2.39 bits per heavy atom. The van der Waals surface area contributed by atoms with E-state index in [0.717, 1.165) is 43.1 Å². The molecule has 1 aromatic heterocycles. The van der Waals surface area contributed by atoms with Crippen LogP contribution in [0.2, 0.25) is 0 Å². The van der Waals surface area contributed by atoms with Gasteiger partial charge in [-0.3, -0.25) is 4.79 Å². The number of benzene rings is 2. The van der Waals surface area contributed by atoms with Crippen molar-refractivity contribution in [1.29, 1.82) is 0 Å². The van der Waals surface area contributed by atoms with Crippen LogP contribution in [0.5, 0.6) is 0 Å². The van der Waals surface area contributed by atoms with Gasteiger partial charge in [0.15, 0.2) is 10.6 Å². The number of amides is 1. The van der Waals surface area contributed by atoms with E-state index in [0.29, 0.717) is 17.8 Å². The van der Waals surface area contributed by atoms with E-state index in [4.69, 9.17) is 0 Å². The molecule has 174 valence electrons. The van der Waals surface area contributed by atoms with Crippen LogP contribution in [0, 0.1) is 11.6 Å². The van der Waals surface area contributed by atoms with Gasteiger partial charge in [0.2, 0.25) is 10.0 Å². The largest absolute Gasteiger partial charge is 0.310 e. The third kappa shape index (κ3) is 4.83. The molecule has 0 radical (unpaired) electrons. The number of aromatic nitrogens is 1. The fourth-order valence-corrected chi connectivity index (χ4v) is 6.46. The van der Waals surface area contributed by atoms with Crippen LogP contribution >= 0.6 is 11.3 Å². The standard InChI is InChI=1S/C23H23F2N3O3S2/c1-2-11-28-21-19(25)14-17(24)15-20(21)32-23(28)26-22(29)16-7-9-18(10-8-16)33(30,31)27-12-5-3-4-6-13-27/h2,7-10,14-15H,1,3-6,11-13H2. The van der Waals surface area contributed by atoms with Gasteiger partial charge in [0.05, 0.1) is 15.1 Å². The van der Waals surface area contributed by atoms with Gasteiger partial charge >= 0.3 is 0 Å². The number of hydrogen-bond acceptors (Lipinski definition) is 4. The molecule has 0 aliphatic carbocycles. The lowest BCUT2D eigenvalue weighted by Gasteiger charge is -2.19. The maximum absolute atomic E-state index is 14.4. The second-order valence-electron chi connectivity index (χ2n) is 7.78. The van der Waals surface area contributed by atoms with E-state index in [1.54, 1.807) is 0 Å². The van der Waals surface area contributed by atoms with Crippen molar-refractivity contribution in [2.45, 2.75) is 37.1 Å². The summed E-state index contributed by atoms with van der Waals surface area (Å²) in [7, 11) is -3.63. The van der Waals surface area contributed by atoms with Crippen LogP contribution in [-0.4, -0.2) is 36.3 Å². The maximum Gasteiger partial charge on any atom is 0.279 e. The van der Waals surface area contributed by atoms with Crippen molar-refractivity contribution in [1.82, 2.24) is 8.87 Å². The SMILES string of the molecule is C=CCn1c(=NC(=O)c2ccc(S(=O)(=O)N3CCCCCC3)cc2)sc2cc(F)cc(F)c21. The van der Waals surface area contributed by atoms with Crippen LogP contribution in [0.4, 0.5) is 8.78 Å². The number of thiazole rings is 1. The van der Waals surface area contributed by atoms with Crippen molar-refractivity contribution in [3.63, 3.8) is 0 Å². The van der Waals surface area contributed by atoms with Gasteiger partial charge in [-0.1, -0.05) is 30.3 Å². The average molecular weight is 492 g/mol. The predicted octanol–water partition coefficient (Wildman–Crippen LogP) is 4.47. The molecule has 3 aromatic rings. The molecule has 2 heterocycles. The quantitative estimate of drug-likeness (QED) is 0.495. The molecule has 1 aliphatic rings. The molecule has 33 heavy (non-hydrogen) atoms. The molecule has 0 atom stereocenters. The van der Waals surface area contributed by atoms with Gasteiger partial charge in [-0.15, -0.1) is 6.58 Å². The first-order valence-electron chi connectivity index (χ1n) is 10.6. The topological polar surface area (TPSA) is 71.7 Å². The highest BCUT2D eigenvalue weighted by Gasteiger charge is 2.25. The van der Waals surface area contributed by atoms with E-state index in [-0.39, 0.29) is 27.3 Å². The van der Waals surface area contributed by atoms with Gasteiger partial charge in [-0.05, 0) is 43.2 Å². The van der Waals surface area contributed by atoms with Crippen LogP contribution in [-0.2, 0) is 16.6 Å². The van der Waals surface area contributed by atoms with E-state index >= 15 is 0 Å². The molecule has 4 rings (SSSR count). The molecule has 0 saturated carbocycles. The lowest BCUT2D eigenvalue weighted by molar-refractivity contribution is 0.0997. The van der Waals surface area contributed by atoms with E-state index in [9.17, 15) is 22.0 Å². The van der Waals surface area contributed by atoms with Gasteiger partial charge in [-0.2, -0.15) is 9.30 Å². The number of carbonyl (C=O) groups is 1. The Bertz CT molecular complexity index is 1370. The zero-order valence-electron chi connectivity index (χ0n) is 17.8. The van der Waals surface area contributed by atoms with E-state index in [2.05, 4.69) is 11.6 Å². The molecule has 2 aromatic carbocycles. The van der Waals surface area contributed by atoms with Crippen LogP contribution in [0.3, 0.4) is 0 Å². The van der Waals surface area contributed by atoms with Crippen LogP contribution in [0.15, 0.2) is 58.9 Å². The van der Waals surface area contributed by atoms with Crippen LogP contribution in [0.1, 0.15) is 36.0 Å². The third-order valence-corrected chi connectivity index (χ3v) is 8.45. The first-order chi connectivity index (χ1) is 15.8. The molecule has 10 heteroatoms. The summed E-state index contributed by atoms with van der Waals surface area (Å²) in [6.45, 7) is 4.81. The van der Waals surface area contributed by atoms with Crippen molar-refractivity contribution in [2.75, 3.05) is 13.1 Å². The van der Waals surface area contributed by atoms with Crippen molar-refractivity contribution in [3.05, 3.63) is 71.1 Å². The third-order valence-electron chi connectivity index (χ3n) is 5.51. The number of rotatable bonds is 5. The number of allylic oxidation sites excluding steroid dienone is 1. The Morgan fingerprint density at radius 2 is 1.76 bits per heavy atom. The fraction of sp³-hybridized carbons (Fsp3) is 0.304. The lowest BCUT2D eigenvalue weighted by Crippen LogP contribution is -2.31. The molecule has 0 N–H and O–H groups in total. The summed E-state index contributed by atoms with van der Waals surface area (Å²) in [5.74, 6) is -2.08. The second-order valence-corrected chi connectivity index (χ2v) is 10.7. The Morgan fingerprint density at radius 1 is 1.09 bits per heavy atom. The van der Waals surface area contributed by atoms with Crippen molar-refractivity contribution in [2.24, 2.45) is 4.99 Å². The molecule has 1 saturated heterocycles. The van der Waals surface area contributed by atoms with Gasteiger partial charge in [0.25, 0.3) is 5.91 Å². The van der Waals surface area contributed by atoms with Crippen LogP contribution in [0.25, 0.3) is 10.2 Å². The smallest absolute Gasteiger partial charge is 0.279 e. The summed E-state index contributed by atoms with van der Waals surface area (Å²) in [5, 5.41) is 0.